The van der Waals surface area contributed by atoms with Crippen molar-refractivity contribution in [3.63, 3.8) is 0 Å². The third kappa shape index (κ3) is 2.24. The highest BCUT2D eigenvalue weighted by Crippen LogP contribution is 2.25. The van der Waals surface area contributed by atoms with Crippen molar-refractivity contribution in [1.29, 1.82) is 0 Å². The number of hydrogen-bond acceptors (Lipinski definition) is 3. The second kappa shape index (κ2) is 5.44. The summed E-state index contributed by atoms with van der Waals surface area (Å²) in [5, 5.41) is 0. The first kappa shape index (κ1) is 14.6. The van der Waals surface area contributed by atoms with Crippen LogP contribution in [0, 0.1) is 0 Å². The number of rotatable bonds is 1. The number of fused-ring (bicyclic) bond motifs is 1. The van der Waals surface area contributed by atoms with Crippen molar-refractivity contribution < 1.29 is 9.59 Å². The zero-order valence-electron chi connectivity index (χ0n) is 12.8. The van der Waals surface area contributed by atoms with Crippen LogP contribution in [0.5, 0.6) is 0 Å². The lowest BCUT2D eigenvalue weighted by molar-refractivity contribution is -0.130. The topological polar surface area (TPSA) is 64.3 Å². The van der Waals surface area contributed by atoms with E-state index in [0.717, 1.165) is 18.4 Å². The van der Waals surface area contributed by atoms with Crippen molar-refractivity contribution in [3.05, 3.63) is 34.7 Å². The molecule has 22 heavy (non-hydrogen) atoms. The number of hydrogen-bond donors (Lipinski definition) is 0. The minimum Gasteiger partial charge on any atom is -0.343 e. The van der Waals surface area contributed by atoms with Gasteiger partial charge in [0.05, 0.1) is 11.0 Å². The van der Waals surface area contributed by atoms with Gasteiger partial charge in [0, 0.05) is 33.0 Å². The molecule has 0 spiro atoms. The number of para-hydroxylation sites is 2. The quantitative estimate of drug-likeness (QED) is 0.804. The fourth-order valence-corrected chi connectivity index (χ4v) is 3.27. The summed E-state index contributed by atoms with van der Waals surface area (Å²) in [6, 6.07) is 7.37. The van der Waals surface area contributed by atoms with Gasteiger partial charge in [-0.15, -0.1) is 0 Å². The van der Waals surface area contributed by atoms with Crippen LogP contribution in [0.25, 0.3) is 11.0 Å². The minimum atomic E-state index is -0.282. The van der Waals surface area contributed by atoms with Crippen molar-refractivity contribution in [3.8, 4) is 0 Å². The summed E-state index contributed by atoms with van der Waals surface area (Å²) < 4.78 is 2.95. The summed E-state index contributed by atoms with van der Waals surface area (Å²) in [7, 11) is 0. The van der Waals surface area contributed by atoms with Gasteiger partial charge in [-0.1, -0.05) is 12.1 Å². The van der Waals surface area contributed by atoms with Crippen LogP contribution >= 0.6 is 0 Å². The van der Waals surface area contributed by atoms with E-state index in [1.54, 1.807) is 22.5 Å². The molecule has 2 heterocycles. The first-order valence-corrected chi connectivity index (χ1v) is 7.49. The fraction of sp³-hybridized carbons (Fsp3) is 0.438. The molecule has 0 N–H and O–H groups in total. The summed E-state index contributed by atoms with van der Waals surface area (Å²) >= 11 is 0. The monoisotopic (exact) mass is 301 g/mol. The molecule has 1 aromatic carbocycles. The molecular weight excluding hydrogens is 282 g/mol. The van der Waals surface area contributed by atoms with Crippen molar-refractivity contribution >= 4 is 22.8 Å². The first-order chi connectivity index (χ1) is 10.5. The molecule has 1 amide bonds. The SMILES string of the molecule is CC(=O)N1CCC(n2c(=O)n(C(C)=O)c3ccccc32)CC1. The van der Waals surface area contributed by atoms with Gasteiger partial charge in [-0.25, -0.2) is 9.36 Å². The number of imidazole rings is 1. The Morgan fingerprint density at radius 2 is 1.59 bits per heavy atom. The maximum Gasteiger partial charge on any atom is 0.336 e. The van der Waals surface area contributed by atoms with Gasteiger partial charge in [-0.3, -0.25) is 14.2 Å². The summed E-state index contributed by atoms with van der Waals surface area (Å²) in [5.74, 6) is -0.210. The number of piperidine rings is 1. The molecule has 1 saturated heterocycles. The second-order valence-electron chi connectivity index (χ2n) is 5.73. The number of aromatic nitrogens is 2. The van der Waals surface area contributed by atoms with Crippen LogP contribution in [-0.4, -0.2) is 38.9 Å². The van der Waals surface area contributed by atoms with E-state index in [9.17, 15) is 14.4 Å². The van der Waals surface area contributed by atoms with Gasteiger partial charge in [0.25, 0.3) is 0 Å². The molecule has 0 aliphatic carbocycles. The molecule has 3 rings (SSSR count). The van der Waals surface area contributed by atoms with Gasteiger partial charge in [-0.05, 0) is 25.0 Å². The Hall–Kier alpha value is -2.37. The Bertz CT molecular complexity index is 795. The largest absolute Gasteiger partial charge is 0.343 e. The van der Waals surface area contributed by atoms with E-state index in [1.165, 1.54) is 11.5 Å². The molecule has 1 aliphatic heterocycles. The fourth-order valence-electron chi connectivity index (χ4n) is 3.27. The molecule has 1 aliphatic rings. The third-order valence-electron chi connectivity index (χ3n) is 4.37. The van der Waals surface area contributed by atoms with Gasteiger partial charge in [0.15, 0.2) is 0 Å². The van der Waals surface area contributed by atoms with Crippen LogP contribution in [0.4, 0.5) is 0 Å². The molecular formula is C16H19N3O3. The average Bonchev–Trinajstić information content (AvgIpc) is 2.79. The Morgan fingerprint density at radius 1 is 1.00 bits per heavy atom. The van der Waals surface area contributed by atoms with Gasteiger partial charge in [0.2, 0.25) is 11.8 Å². The smallest absolute Gasteiger partial charge is 0.336 e. The first-order valence-electron chi connectivity index (χ1n) is 7.49. The van der Waals surface area contributed by atoms with Gasteiger partial charge < -0.3 is 4.90 Å². The van der Waals surface area contributed by atoms with E-state index in [4.69, 9.17) is 0 Å². The van der Waals surface area contributed by atoms with E-state index in [1.807, 2.05) is 18.2 Å². The number of nitrogens with zero attached hydrogens (tertiary/aromatic N) is 3. The number of likely N-dealkylation sites (tertiary alicyclic amines) is 1. The Kier molecular flexibility index (Phi) is 3.60. The Balaban J connectivity index is 2.05. The molecule has 6 nitrogen and oxygen atoms in total. The summed E-state index contributed by atoms with van der Waals surface area (Å²) in [5.41, 5.74) is 1.15. The van der Waals surface area contributed by atoms with E-state index >= 15 is 0 Å². The maximum atomic E-state index is 12.7. The Labute approximate surface area is 127 Å². The molecule has 1 fully saturated rings. The molecule has 0 unspecified atom stereocenters. The van der Waals surface area contributed by atoms with E-state index in [-0.39, 0.29) is 23.5 Å². The lowest BCUT2D eigenvalue weighted by atomic mass is 10.0. The van der Waals surface area contributed by atoms with Gasteiger partial charge in [-0.2, -0.15) is 0 Å². The van der Waals surface area contributed by atoms with E-state index in [0.29, 0.717) is 18.6 Å². The lowest BCUT2D eigenvalue weighted by Crippen LogP contribution is -2.40. The average molecular weight is 301 g/mol. The van der Waals surface area contributed by atoms with Crippen LogP contribution in [-0.2, 0) is 4.79 Å². The molecule has 116 valence electrons. The molecule has 0 atom stereocenters. The van der Waals surface area contributed by atoms with E-state index in [2.05, 4.69) is 0 Å². The van der Waals surface area contributed by atoms with Gasteiger partial charge in [0.1, 0.15) is 0 Å². The predicted molar refractivity (Wildman–Crippen MR) is 83.0 cm³/mol. The van der Waals surface area contributed by atoms with Crippen molar-refractivity contribution in [2.45, 2.75) is 32.7 Å². The van der Waals surface area contributed by atoms with Crippen molar-refractivity contribution in [1.82, 2.24) is 14.0 Å². The van der Waals surface area contributed by atoms with Crippen LogP contribution in [0.3, 0.4) is 0 Å². The summed E-state index contributed by atoms with van der Waals surface area (Å²) in [6.45, 7) is 4.25. The highest BCUT2D eigenvalue weighted by atomic mass is 16.2. The normalized spacial score (nSPS) is 16.2. The van der Waals surface area contributed by atoms with Crippen LogP contribution in [0.1, 0.15) is 37.5 Å². The highest BCUT2D eigenvalue weighted by molar-refractivity contribution is 5.89. The standard InChI is InChI=1S/C16H19N3O3/c1-11(20)17-9-7-13(8-10-17)19-15-6-4-3-5-14(15)18(12(2)21)16(19)22/h3-6,13H,7-10H2,1-2H3. The zero-order chi connectivity index (χ0) is 15.9. The van der Waals surface area contributed by atoms with Crippen molar-refractivity contribution in [2.75, 3.05) is 13.1 Å². The van der Waals surface area contributed by atoms with Crippen LogP contribution in [0.15, 0.2) is 29.1 Å². The van der Waals surface area contributed by atoms with Crippen LogP contribution in [0.2, 0.25) is 0 Å². The lowest BCUT2D eigenvalue weighted by Gasteiger charge is -2.31. The second-order valence-corrected chi connectivity index (χ2v) is 5.73. The molecule has 6 heteroatoms. The molecule has 0 radical (unpaired) electrons. The summed E-state index contributed by atoms with van der Waals surface area (Å²) in [4.78, 5) is 37.7. The minimum absolute atomic E-state index is 0.0219. The number of carbonyl (C=O) groups is 2. The molecule has 0 bridgehead atoms. The summed E-state index contributed by atoms with van der Waals surface area (Å²) in [6.07, 6.45) is 1.46. The number of carbonyl (C=O) groups excluding carboxylic acids is 2. The van der Waals surface area contributed by atoms with Crippen molar-refractivity contribution in [2.24, 2.45) is 0 Å². The number of amides is 1. The van der Waals surface area contributed by atoms with Crippen LogP contribution < -0.4 is 5.69 Å². The zero-order valence-corrected chi connectivity index (χ0v) is 12.8. The van der Waals surface area contributed by atoms with Gasteiger partial charge >= 0.3 is 5.69 Å². The molecule has 1 aromatic heterocycles. The predicted octanol–water partition coefficient (Wildman–Crippen LogP) is 1.65. The molecule has 2 aromatic rings. The Morgan fingerprint density at radius 3 is 2.14 bits per heavy atom. The van der Waals surface area contributed by atoms with E-state index < -0.39 is 0 Å². The highest BCUT2D eigenvalue weighted by Gasteiger charge is 2.26. The number of benzene rings is 1. The molecule has 0 saturated carbocycles. The maximum absolute atomic E-state index is 12.7. The third-order valence-corrected chi connectivity index (χ3v) is 4.37.